The van der Waals surface area contributed by atoms with Crippen LogP contribution < -0.4 is 17.0 Å². The maximum absolute atomic E-state index is 13.6. The molecule has 0 radical (unpaired) electrons. The fourth-order valence-corrected chi connectivity index (χ4v) is 1.63. The molecule has 0 spiro atoms. The Labute approximate surface area is 95.8 Å². The average molecular weight is 239 g/mol. The van der Waals surface area contributed by atoms with Gasteiger partial charge in [0, 0.05) is 11.1 Å². The molecular formula is C10H11F2N5. The van der Waals surface area contributed by atoms with Gasteiger partial charge < -0.3 is 5.73 Å². The van der Waals surface area contributed by atoms with Gasteiger partial charge in [-0.25, -0.2) is 14.2 Å². The number of hydrogen-bond acceptors (Lipinski definition) is 4. The van der Waals surface area contributed by atoms with Gasteiger partial charge in [-0.05, 0) is 6.07 Å². The highest BCUT2D eigenvalue weighted by atomic mass is 19.2. The summed E-state index contributed by atoms with van der Waals surface area (Å²) in [6.07, 6.45) is 1.41. The lowest BCUT2D eigenvalue weighted by molar-refractivity contribution is 0.483. The van der Waals surface area contributed by atoms with Crippen LogP contribution in [0.15, 0.2) is 24.4 Å². The predicted molar refractivity (Wildman–Crippen MR) is 58.5 cm³/mol. The van der Waals surface area contributed by atoms with Crippen molar-refractivity contribution in [1.82, 2.24) is 15.6 Å². The molecule has 0 saturated carbocycles. The largest absolute Gasteiger partial charge is 0.384 e. The van der Waals surface area contributed by atoms with Crippen molar-refractivity contribution in [3.63, 3.8) is 0 Å². The summed E-state index contributed by atoms with van der Waals surface area (Å²) in [4.78, 5) is 0. The molecule has 6 N–H and O–H groups in total. The van der Waals surface area contributed by atoms with Crippen molar-refractivity contribution in [2.75, 3.05) is 5.73 Å². The quantitative estimate of drug-likeness (QED) is 0.471. The van der Waals surface area contributed by atoms with Gasteiger partial charge in [-0.15, -0.1) is 0 Å². The van der Waals surface area contributed by atoms with Crippen molar-refractivity contribution in [3.8, 4) is 0 Å². The minimum atomic E-state index is -0.962. The van der Waals surface area contributed by atoms with Crippen LogP contribution in [0.1, 0.15) is 17.2 Å². The van der Waals surface area contributed by atoms with Gasteiger partial charge >= 0.3 is 0 Å². The Morgan fingerprint density at radius 2 is 2.06 bits per heavy atom. The van der Waals surface area contributed by atoms with E-state index in [0.29, 0.717) is 5.56 Å². The Balaban J connectivity index is 2.50. The minimum Gasteiger partial charge on any atom is -0.384 e. The van der Waals surface area contributed by atoms with E-state index in [1.807, 2.05) is 0 Å². The summed E-state index contributed by atoms with van der Waals surface area (Å²) in [5.74, 6) is 3.69. The molecule has 2 aromatic rings. The lowest BCUT2D eigenvalue weighted by Gasteiger charge is -2.16. The minimum absolute atomic E-state index is 0.0700. The van der Waals surface area contributed by atoms with Gasteiger partial charge in [-0.2, -0.15) is 5.10 Å². The Morgan fingerprint density at radius 1 is 1.29 bits per heavy atom. The number of aromatic amines is 1. The number of aromatic nitrogens is 2. The van der Waals surface area contributed by atoms with Crippen LogP contribution in [0.5, 0.6) is 0 Å². The molecule has 1 aromatic carbocycles. The Morgan fingerprint density at radius 3 is 2.65 bits per heavy atom. The number of H-pyrrole nitrogens is 1. The van der Waals surface area contributed by atoms with E-state index in [9.17, 15) is 8.78 Å². The Hall–Kier alpha value is -1.99. The summed E-state index contributed by atoms with van der Waals surface area (Å²) in [7, 11) is 0. The normalized spacial score (nSPS) is 12.6. The van der Waals surface area contributed by atoms with E-state index in [4.69, 9.17) is 11.6 Å². The molecule has 0 bridgehead atoms. The molecule has 1 atom stereocenters. The first-order valence-corrected chi connectivity index (χ1v) is 4.84. The molecular weight excluding hydrogens is 228 g/mol. The maximum atomic E-state index is 13.6. The first-order chi connectivity index (χ1) is 8.15. The zero-order chi connectivity index (χ0) is 12.4. The highest BCUT2D eigenvalue weighted by molar-refractivity contribution is 5.44. The Bertz CT molecular complexity index is 525. The van der Waals surface area contributed by atoms with Crippen LogP contribution in [0.4, 0.5) is 14.6 Å². The number of anilines is 1. The highest BCUT2D eigenvalue weighted by Crippen LogP contribution is 2.27. The van der Waals surface area contributed by atoms with Crippen molar-refractivity contribution in [2.45, 2.75) is 6.04 Å². The number of nitrogens with two attached hydrogens (primary N) is 2. The van der Waals surface area contributed by atoms with E-state index in [2.05, 4.69) is 15.6 Å². The van der Waals surface area contributed by atoms with Gasteiger partial charge in [0.1, 0.15) is 5.82 Å². The smallest absolute Gasteiger partial charge is 0.163 e. The van der Waals surface area contributed by atoms with Crippen LogP contribution in [0, 0.1) is 11.6 Å². The molecule has 0 amide bonds. The van der Waals surface area contributed by atoms with Crippen LogP contribution in [0.3, 0.4) is 0 Å². The number of benzene rings is 1. The summed E-state index contributed by atoms with van der Waals surface area (Å²) in [6, 6.07) is 3.10. The maximum Gasteiger partial charge on any atom is 0.163 e. The lowest BCUT2D eigenvalue weighted by Crippen LogP contribution is -2.30. The van der Waals surface area contributed by atoms with Gasteiger partial charge in [-0.1, -0.05) is 12.1 Å². The zero-order valence-electron chi connectivity index (χ0n) is 8.74. The molecule has 1 aromatic heterocycles. The number of halogens is 2. The van der Waals surface area contributed by atoms with Crippen LogP contribution in [0.25, 0.3) is 0 Å². The van der Waals surface area contributed by atoms with Gasteiger partial charge in [-0.3, -0.25) is 10.9 Å². The monoisotopic (exact) mass is 239 g/mol. The van der Waals surface area contributed by atoms with E-state index >= 15 is 0 Å². The number of nitrogens with one attached hydrogen (secondary N) is 2. The van der Waals surface area contributed by atoms with Crippen LogP contribution >= 0.6 is 0 Å². The van der Waals surface area contributed by atoms with Gasteiger partial charge in [0.2, 0.25) is 0 Å². The zero-order valence-corrected chi connectivity index (χ0v) is 8.74. The summed E-state index contributed by atoms with van der Waals surface area (Å²) >= 11 is 0. The van der Waals surface area contributed by atoms with Crippen molar-refractivity contribution in [3.05, 3.63) is 47.2 Å². The molecule has 0 aliphatic carbocycles. The molecule has 0 saturated heterocycles. The van der Waals surface area contributed by atoms with E-state index in [1.165, 1.54) is 18.3 Å². The number of hydrogen-bond donors (Lipinski definition) is 4. The second-order valence-electron chi connectivity index (χ2n) is 3.48. The molecule has 1 heterocycles. The first-order valence-electron chi connectivity index (χ1n) is 4.84. The fraction of sp³-hybridized carbons (Fsp3) is 0.100. The second kappa shape index (κ2) is 4.48. The third-order valence-electron chi connectivity index (χ3n) is 2.47. The fourth-order valence-electron chi connectivity index (χ4n) is 1.63. The molecule has 7 heteroatoms. The van der Waals surface area contributed by atoms with E-state index in [0.717, 1.165) is 6.07 Å². The molecule has 5 nitrogen and oxygen atoms in total. The summed E-state index contributed by atoms with van der Waals surface area (Å²) in [5, 5.41) is 6.21. The van der Waals surface area contributed by atoms with E-state index in [1.54, 1.807) is 0 Å². The van der Waals surface area contributed by atoms with Crippen LogP contribution in [-0.4, -0.2) is 10.2 Å². The standard InChI is InChI=1S/C10H11F2N5/c11-7-3-1-2-5(8(7)12)9(16-14)6-4-15-17-10(6)13/h1-4,9,16H,14H2,(H3,13,15,17). The van der Waals surface area contributed by atoms with Crippen molar-refractivity contribution in [2.24, 2.45) is 5.84 Å². The molecule has 0 aliphatic rings. The van der Waals surface area contributed by atoms with Crippen LogP contribution in [-0.2, 0) is 0 Å². The second-order valence-corrected chi connectivity index (χ2v) is 3.48. The number of nitrogens with zero attached hydrogens (tertiary/aromatic N) is 1. The third kappa shape index (κ3) is 1.97. The van der Waals surface area contributed by atoms with Gasteiger partial charge in [0.15, 0.2) is 11.6 Å². The summed E-state index contributed by atoms with van der Waals surface area (Å²) < 4.78 is 26.7. The number of nitrogen functional groups attached to an aromatic ring is 1. The molecule has 2 rings (SSSR count). The molecule has 90 valence electrons. The molecule has 0 aliphatic heterocycles. The third-order valence-corrected chi connectivity index (χ3v) is 2.47. The topological polar surface area (TPSA) is 92.7 Å². The SMILES string of the molecule is NNC(c1cn[nH]c1N)c1cccc(F)c1F. The molecule has 0 fully saturated rings. The Kier molecular flexibility index (Phi) is 3.03. The summed E-state index contributed by atoms with van der Waals surface area (Å²) in [6.45, 7) is 0. The van der Waals surface area contributed by atoms with Crippen molar-refractivity contribution in [1.29, 1.82) is 0 Å². The number of hydrazine groups is 1. The van der Waals surface area contributed by atoms with Gasteiger partial charge in [0.05, 0.1) is 12.2 Å². The van der Waals surface area contributed by atoms with E-state index < -0.39 is 17.7 Å². The molecule has 17 heavy (non-hydrogen) atoms. The van der Waals surface area contributed by atoms with Crippen molar-refractivity contribution < 1.29 is 8.78 Å². The predicted octanol–water partition coefficient (Wildman–Crippen LogP) is 0.823. The lowest BCUT2D eigenvalue weighted by atomic mass is 10.0. The number of rotatable bonds is 3. The highest BCUT2D eigenvalue weighted by Gasteiger charge is 2.21. The van der Waals surface area contributed by atoms with Crippen molar-refractivity contribution >= 4 is 5.82 Å². The first kappa shape index (κ1) is 11.5. The summed E-state index contributed by atoms with van der Waals surface area (Å²) in [5.41, 5.74) is 8.52. The average Bonchev–Trinajstić information content (AvgIpc) is 2.72. The van der Waals surface area contributed by atoms with Gasteiger partial charge in [0.25, 0.3) is 0 Å². The van der Waals surface area contributed by atoms with E-state index in [-0.39, 0.29) is 11.4 Å². The molecule has 1 unspecified atom stereocenters. The van der Waals surface area contributed by atoms with Crippen LogP contribution in [0.2, 0.25) is 0 Å².